The van der Waals surface area contributed by atoms with Crippen molar-refractivity contribution in [3.8, 4) is 34.3 Å². The summed E-state index contributed by atoms with van der Waals surface area (Å²) >= 11 is 0. The number of piperidine rings is 1. The topological polar surface area (TPSA) is 183 Å². The van der Waals surface area contributed by atoms with Crippen molar-refractivity contribution in [3.63, 3.8) is 0 Å². The smallest absolute Gasteiger partial charge is 0.319 e. The van der Waals surface area contributed by atoms with E-state index in [2.05, 4.69) is 42.5 Å². The van der Waals surface area contributed by atoms with Crippen molar-refractivity contribution in [2.45, 2.75) is 95.8 Å². The molecule has 4 unspecified atom stereocenters. The summed E-state index contributed by atoms with van der Waals surface area (Å²) < 4.78 is 30.9. The third kappa shape index (κ3) is 10.0. The number of ether oxygens (including phenoxy) is 1. The third-order valence-corrected chi connectivity index (χ3v) is 16.8. The average Bonchev–Trinajstić information content (AvgIpc) is 4.27. The molecule has 9 heterocycles. The van der Waals surface area contributed by atoms with Crippen molar-refractivity contribution in [1.29, 1.82) is 0 Å². The van der Waals surface area contributed by atoms with Crippen LogP contribution in [0, 0.1) is 17.7 Å². The number of hydrogen-bond donors (Lipinski definition) is 3. The molecule has 4 aromatic heterocycles. The lowest BCUT2D eigenvalue weighted by atomic mass is 9.83. The van der Waals surface area contributed by atoms with Gasteiger partial charge in [-0.25, -0.2) is 4.39 Å². The summed E-state index contributed by atoms with van der Waals surface area (Å²) in [5.74, 6) is 2.32. The lowest BCUT2D eigenvalue weighted by Crippen LogP contribution is -2.51. The molecule has 3 aromatic carbocycles. The summed E-state index contributed by atoms with van der Waals surface area (Å²) in [4.78, 5) is 50.1. The highest BCUT2D eigenvalue weighted by Crippen LogP contribution is 2.40. The molecule has 5 aliphatic rings. The Kier molecular flexibility index (Phi) is 13.8. The number of likely N-dealkylation sites (tertiary alicyclic amines) is 2. The van der Waals surface area contributed by atoms with Crippen LogP contribution in [0.4, 0.5) is 16.0 Å². The highest BCUT2D eigenvalue weighted by Gasteiger charge is 2.38. The zero-order chi connectivity index (χ0) is 52.0. The number of rotatable bonds is 16. The van der Waals surface area contributed by atoms with Crippen LogP contribution in [0.25, 0.3) is 44.2 Å². The van der Waals surface area contributed by atoms with Gasteiger partial charge < -0.3 is 39.7 Å². The number of aryl methyl sites for hydroxylation is 2. The van der Waals surface area contributed by atoms with E-state index in [-0.39, 0.29) is 47.2 Å². The van der Waals surface area contributed by atoms with Gasteiger partial charge in [0.05, 0.1) is 23.5 Å². The van der Waals surface area contributed by atoms with Crippen LogP contribution in [0.2, 0.25) is 0 Å². The van der Waals surface area contributed by atoms with Crippen molar-refractivity contribution in [1.82, 2.24) is 50.3 Å². The first kappa shape index (κ1) is 49.7. The quantitative estimate of drug-likeness (QED) is 0.0860. The second-order valence-electron chi connectivity index (χ2n) is 21.8. The molecule has 3 N–H and O–H groups in total. The van der Waals surface area contributed by atoms with Gasteiger partial charge in [-0.2, -0.15) is 15.1 Å². The fraction of sp³-hybridized carbons (Fsp3) is 0.466. The fourth-order valence-corrected chi connectivity index (χ4v) is 12.7. The van der Waals surface area contributed by atoms with E-state index in [1.807, 2.05) is 73.3 Å². The number of carbonyl (C=O) groups is 2. The Morgan fingerprint density at radius 2 is 1.74 bits per heavy atom. The Morgan fingerprint density at radius 1 is 0.934 bits per heavy atom. The summed E-state index contributed by atoms with van der Waals surface area (Å²) in [6, 6.07) is 21.3. The lowest BCUT2D eigenvalue weighted by molar-refractivity contribution is -0.138. The molecule has 2 bridgehead atoms. The van der Waals surface area contributed by atoms with Gasteiger partial charge in [-0.05, 0) is 129 Å². The summed E-state index contributed by atoms with van der Waals surface area (Å²) in [7, 11) is 1.91. The molecular formula is C58H67FN12O5. The van der Waals surface area contributed by atoms with Crippen LogP contribution < -0.4 is 25.2 Å². The van der Waals surface area contributed by atoms with E-state index in [4.69, 9.17) is 24.2 Å². The summed E-state index contributed by atoms with van der Waals surface area (Å²) in [5.41, 5.74) is 4.94. The molecule has 17 nitrogen and oxygen atoms in total. The number of benzene rings is 3. The molecule has 5 saturated heterocycles. The number of pyridine rings is 1. The van der Waals surface area contributed by atoms with Crippen LogP contribution in [0.1, 0.15) is 81.7 Å². The first-order valence-electron chi connectivity index (χ1n) is 27.4. The Morgan fingerprint density at radius 3 is 2.50 bits per heavy atom. The number of anilines is 2. The second-order valence-corrected chi connectivity index (χ2v) is 21.8. The largest absolute Gasteiger partial charge is 0.508 e. The molecule has 396 valence electrons. The molecule has 18 heteroatoms. The maximum atomic E-state index is 17.1. The number of carbonyl (C=O) groups excluding carboxylic acids is 2. The number of amides is 2. The molecule has 0 aliphatic carbocycles. The van der Waals surface area contributed by atoms with Gasteiger partial charge in [0.15, 0.2) is 11.6 Å². The third-order valence-electron chi connectivity index (χ3n) is 16.8. The minimum absolute atomic E-state index is 0.0489. The van der Waals surface area contributed by atoms with Crippen molar-refractivity contribution in [2.75, 3.05) is 68.8 Å². The Hall–Kier alpha value is -7.18. The van der Waals surface area contributed by atoms with E-state index < -0.39 is 11.9 Å². The van der Waals surface area contributed by atoms with Crippen LogP contribution in [-0.4, -0.2) is 134 Å². The van der Waals surface area contributed by atoms with Gasteiger partial charge >= 0.3 is 6.01 Å². The van der Waals surface area contributed by atoms with Crippen molar-refractivity contribution in [2.24, 2.45) is 18.9 Å². The number of fused-ring (bicyclic) bond motifs is 4. The molecule has 4 atom stereocenters. The monoisotopic (exact) mass is 1030 g/mol. The highest BCUT2D eigenvalue weighted by atomic mass is 19.1. The van der Waals surface area contributed by atoms with Crippen LogP contribution in [0.15, 0.2) is 83.6 Å². The maximum Gasteiger partial charge on any atom is 0.319 e. The van der Waals surface area contributed by atoms with Crippen molar-refractivity contribution in [3.05, 3.63) is 102 Å². The van der Waals surface area contributed by atoms with Crippen LogP contribution in [0.5, 0.6) is 11.8 Å². The molecule has 12 rings (SSSR count). The molecule has 2 amide bonds. The van der Waals surface area contributed by atoms with Gasteiger partial charge in [0.1, 0.15) is 41.2 Å². The first-order valence-corrected chi connectivity index (χ1v) is 27.4. The lowest BCUT2D eigenvalue weighted by Gasteiger charge is -2.42. The number of phenolic OH excluding ortho intramolecular Hbond substituents is 1. The van der Waals surface area contributed by atoms with Crippen molar-refractivity contribution < 1.29 is 28.3 Å². The SMILES string of the molecule is CCc1cccc2cc(O)cc(-c3ncc4c(N5CC6CCC(C5)N6)nc(OCCN5CCC(CC6CN(c7cc(CC(=O)N8CCCC8C(=O)NC(C)c8ccc(-c9ccnn9C)cc8)on7)C6)CC5)nc4c3F)c12. The van der Waals surface area contributed by atoms with Gasteiger partial charge in [-0.1, -0.05) is 54.5 Å². The van der Waals surface area contributed by atoms with Gasteiger partial charge in [-0.3, -0.25) is 24.2 Å². The Bertz CT molecular complexity index is 3250. The summed E-state index contributed by atoms with van der Waals surface area (Å²) in [5, 5.41) is 28.4. The van der Waals surface area contributed by atoms with Gasteiger partial charge in [0.25, 0.3) is 0 Å². The minimum atomic E-state index is -0.558. The van der Waals surface area contributed by atoms with Gasteiger partial charge in [0.2, 0.25) is 11.8 Å². The molecule has 5 aliphatic heterocycles. The first-order chi connectivity index (χ1) is 37.0. The van der Waals surface area contributed by atoms with Crippen LogP contribution in [0.3, 0.4) is 0 Å². The Balaban J connectivity index is 0.617. The zero-order valence-electron chi connectivity index (χ0n) is 43.6. The number of phenols is 1. The molecular weight excluding hydrogens is 964 g/mol. The Labute approximate surface area is 441 Å². The van der Waals surface area contributed by atoms with Crippen LogP contribution in [-0.2, 0) is 29.5 Å². The number of aromatic nitrogens is 6. The zero-order valence-corrected chi connectivity index (χ0v) is 43.6. The number of piperazine rings is 1. The van der Waals surface area contributed by atoms with E-state index in [0.29, 0.717) is 72.6 Å². The number of hydrogen-bond acceptors (Lipinski definition) is 14. The number of halogens is 1. The molecule has 0 spiro atoms. The molecule has 7 aromatic rings. The maximum absolute atomic E-state index is 17.1. The molecule has 76 heavy (non-hydrogen) atoms. The summed E-state index contributed by atoms with van der Waals surface area (Å²) in [6.45, 7) is 10.9. The van der Waals surface area contributed by atoms with Crippen molar-refractivity contribution >= 4 is 45.1 Å². The summed E-state index contributed by atoms with van der Waals surface area (Å²) in [6.07, 6.45) is 11.2. The van der Waals surface area contributed by atoms with E-state index in [1.165, 1.54) is 0 Å². The van der Waals surface area contributed by atoms with E-state index >= 15 is 4.39 Å². The molecule has 5 fully saturated rings. The second kappa shape index (κ2) is 21.1. The van der Waals surface area contributed by atoms with Crippen LogP contribution >= 0.6 is 0 Å². The van der Waals surface area contributed by atoms with E-state index in [0.717, 1.165) is 123 Å². The number of aromatic hydroxyl groups is 1. The van der Waals surface area contributed by atoms with Gasteiger partial charge in [-0.15, -0.1) is 0 Å². The predicted octanol–water partition coefficient (Wildman–Crippen LogP) is 7.61. The van der Waals surface area contributed by atoms with Gasteiger partial charge in [0, 0.05) is 82.4 Å². The standard InChI is InChI=1S/C58H67FN12O5/c1-4-38-7-5-8-41-26-44(72)27-46(52(38)41)54-53(59)55-47(30-60-54)56(70-33-42-14-15-43(34-70)63-42)65-58(64-55)75-24-23-68-21-17-36(18-22-68)25-37-31-69(32-37)50-28-45(76-66-50)29-51(73)71-20-6-9-49(71)57(74)62-35(2)39-10-12-40(13-11-39)48-16-19-61-67(48)3/h5,7-8,10-13,16,19,26-28,30,35-37,42-43,49,63,72H,4,6,9,14-15,17-18,20-25,29,31-34H2,1-3H3,(H,62,74). The normalized spacial score (nSPS) is 20.7. The predicted molar refractivity (Wildman–Crippen MR) is 289 cm³/mol. The number of nitrogens with zero attached hydrogens (tertiary/aromatic N) is 10. The minimum Gasteiger partial charge on any atom is -0.508 e. The molecule has 0 saturated carbocycles. The number of nitrogens with one attached hydrogen (secondary N) is 2. The average molecular weight is 1030 g/mol. The highest BCUT2D eigenvalue weighted by molar-refractivity contribution is 6.01. The molecule has 0 radical (unpaired) electrons. The van der Waals surface area contributed by atoms with E-state index in [9.17, 15) is 14.7 Å². The van der Waals surface area contributed by atoms with E-state index in [1.54, 1.807) is 29.4 Å². The fourth-order valence-electron chi connectivity index (χ4n) is 12.7.